The van der Waals surface area contributed by atoms with Crippen LogP contribution in [0, 0.1) is 0 Å². The Bertz CT molecular complexity index is 490. The van der Waals surface area contributed by atoms with Crippen LogP contribution >= 0.6 is 0 Å². The third kappa shape index (κ3) is 3.63. The second-order valence-corrected chi connectivity index (χ2v) is 4.49. The van der Waals surface area contributed by atoms with Gasteiger partial charge in [-0.15, -0.1) is 13.2 Å². The number of halogens is 3. The largest absolute Gasteiger partial charge is 0.573 e. The van der Waals surface area contributed by atoms with Crippen molar-refractivity contribution in [3.8, 4) is 5.75 Å². The van der Waals surface area contributed by atoms with Crippen LogP contribution < -0.4 is 10.1 Å². The predicted octanol–water partition coefficient (Wildman–Crippen LogP) is 2.49. The lowest BCUT2D eigenvalue weighted by Gasteiger charge is -2.18. The average Bonchev–Trinajstić information content (AvgIpc) is 2.73. The van der Waals surface area contributed by atoms with Crippen LogP contribution in [0.3, 0.4) is 0 Å². The molecule has 0 aromatic heterocycles. The van der Waals surface area contributed by atoms with Crippen LogP contribution in [0.2, 0.25) is 0 Å². The summed E-state index contributed by atoms with van der Waals surface area (Å²) in [6.45, 7) is 2.32. The Kier molecular flexibility index (Phi) is 4.17. The molecule has 110 valence electrons. The van der Waals surface area contributed by atoms with Crippen LogP contribution in [0.4, 0.5) is 13.2 Å². The second-order valence-electron chi connectivity index (χ2n) is 4.49. The molecule has 1 aromatic rings. The minimum absolute atomic E-state index is 0.149. The van der Waals surface area contributed by atoms with Crippen molar-refractivity contribution in [2.24, 2.45) is 0 Å². The molecule has 1 aliphatic heterocycles. The second kappa shape index (κ2) is 5.70. The van der Waals surface area contributed by atoms with E-state index in [4.69, 9.17) is 4.74 Å². The smallest absolute Gasteiger partial charge is 0.405 e. The van der Waals surface area contributed by atoms with E-state index in [0.717, 1.165) is 6.07 Å². The number of ether oxygens (including phenoxy) is 2. The summed E-state index contributed by atoms with van der Waals surface area (Å²) in [5.74, 6) is -1.11. The number of alkyl halides is 3. The van der Waals surface area contributed by atoms with E-state index in [1.807, 2.05) is 0 Å². The van der Waals surface area contributed by atoms with E-state index in [1.54, 1.807) is 6.92 Å². The summed E-state index contributed by atoms with van der Waals surface area (Å²) in [7, 11) is 0. The third-order valence-electron chi connectivity index (χ3n) is 3.05. The van der Waals surface area contributed by atoms with E-state index in [-0.39, 0.29) is 17.7 Å². The fraction of sp³-hybridized carbons (Fsp3) is 0.462. The van der Waals surface area contributed by atoms with E-state index in [0.29, 0.717) is 13.0 Å². The lowest BCUT2D eigenvalue weighted by molar-refractivity contribution is -0.274. The van der Waals surface area contributed by atoms with Gasteiger partial charge in [-0.2, -0.15) is 0 Å². The highest BCUT2D eigenvalue weighted by Gasteiger charge is 2.33. The summed E-state index contributed by atoms with van der Waals surface area (Å²) >= 11 is 0. The number of carbonyl (C=O) groups is 1. The van der Waals surface area contributed by atoms with Crippen molar-refractivity contribution in [1.29, 1.82) is 0 Å². The van der Waals surface area contributed by atoms with Crippen molar-refractivity contribution in [2.45, 2.75) is 31.9 Å². The van der Waals surface area contributed by atoms with E-state index < -0.39 is 18.0 Å². The Morgan fingerprint density at radius 1 is 1.40 bits per heavy atom. The fourth-order valence-electron chi connectivity index (χ4n) is 2.04. The SMILES string of the molecule is C[C@H]1OCC[C@H]1NC(=O)c1ccccc1OC(F)(F)F. The highest BCUT2D eigenvalue weighted by atomic mass is 19.4. The van der Waals surface area contributed by atoms with Gasteiger partial charge < -0.3 is 14.8 Å². The third-order valence-corrected chi connectivity index (χ3v) is 3.05. The molecule has 0 aliphatic carbocycles. The van der Waals surface area contributed by atoms with Gasteiger partial charge in [0.15, 0.2) is 0 Å². The number of para-hydroxylation sites is 1. The van der Waals surface area contributed by atoms with Gasteiger partial charge in [-0.05, 0) is 25.5 Å². The van der Waals surface area contributed by atoms with Crippen molar-refractivity contribution >= 4 is 5.91 Å². The van der Waals surface area contributed by atoms with Gasteiger partial charge in [0, 0.05) is 6.61 Å². The van der Waals surface area contributed by atoms with Crippen molar-refractivity contribution < 1.29 is 27.4 Å². The molecule has 1 amide bonds. The maximum absolute atomic E-state index is 12.3. The summed E-state index contributed by atoms with van der Waals surface area (Å²) in [5, 5.41) is 2.66. The summed E-state index contributed by atoms with van der Waals surface area (Å²) < 4.78 is 46.0. The molecule has 1 fully saturated rings. The maximum atomic E-state index is 12.3. The predicted molar refractivity (Wildman–Crippen MR) is 64.4 cm³/mol. The number of nitrogens with one attached hydrogen (secondary N) is 1. The van der Waals surface area contributed by atoms with Gasteiger partial charge in [-0.25, -0.2) is 0 Å². The maximum Gasteiger partial charge on any atom is 0.573 e. The molecular weight excluding hydrogens is 275 g/mol. The summed E-state index contributed by atoms with van der Waals surface area (Å²) in [4.78, 5) is 12.0. The molecule has 0 radical (unpaired) electrons. The quantitative estimate of drug-likeness (QED) is 0.930. The molecule has 0 bridgehead atoms. The lowest BCUT2D eigenvalue weighted by atomic mass is 10.1. The molecule has 0 unspecified atom stereocenters. The summed E-state index contributed by atoms with van der Waals surface area (Å²) in [6.07, 6.45) is -4.36. The molecule has 2 atom stereocenters. The first kappa shape index (κ1) is 14.6. The van der Waals surface area contributed by atoms with Crippen molar-refractivity contribution in [1.82, 2.24) is 5.32 Å². The minimum atomic E-state index is -4.83. The van der Waals surface area contributed by atoms with E-state index in [9.17, 15) is 18.0 Å². The molecule has 1 N–H and O–H groups in total. The van der Waals surface area contributed by atoms with Gasteiger partial charge in [-0.1, -0.05) is 12.1 Å². The molecule has 0 spiro atoms. The minimum Gasteiger partial charge on any atom is -0.405 e. The zero-order valence-electron chi connectivity index (χ0n) is 10.7. The number of carbonyl (C=O) groups excluding carboxylic acids is 1. The van der Waals surface area contributed by atoms with Gasteiger partial charge in [0.1, 0.15) is 5.75 Å². The number of amides is 1. The Labute approximate surface area is 113 Å². The van der Waals surface area contributed by atoms with Crippen molar-refractivity contribution in [3.63, 3.8) is 0 Å². The fourth-order valence-corrected chi connectivity index (χ4v) is 2.04. The Morgan fingerprint density at radius 2 is 2.10 bits per heavy atom. The van der Waals surface area contributed by atoms with Crippen molar-refractivity contribution in [3.05, 3.63) is 29.8 Å². The first-order valence-corrected chi connectivity index (χ1v) is 6.14. The number of benzene rings is 1. The van der Waals surface area contributed by atoms with Crippen LogP contribution in [-0.4, -0.2) is 31.0 Å². The summed E-state index contributed by atoms with van der Waals surface area (Å²) in [6, 6.07) is 5.04. The molecule has 1 aromatic carbocycles. The molecule has 7 heteroatoms. The van der Waals surface area contributed by atoms with Crippen molar-refractivity contribution in [2.75, 3.05) is 6.61 Å². The normalized spacial score (nSPS) is 22.6. The van der Waals surface area contributed by atoms with Crippen LogP contribution in [0.15, 0.2) is 24.3 Å². The standard InChI is InChI=1S/C13H14F3NO3/c1-8-10(6-7-19-8)17-12(18)9-4-2-3-5-11(9)20-13(14,15)16/h2-5,8,10H,6-7H2,1H3,(H,17,18)/t8-,10-/m1/s1. The Hall–Kier alpha value is -1.76. The number of hydrogen-bond donors (Lipinski definition) is 1. The molecular formula is C13H14F3NO3. The summed E-state index contributed by atoms with van der Waals surface area (Å²) in [5.41, 5.74) is -0.149. The van der Waals surface area contributed by atoms with Crippen LogP contribution in [0.25, 0.3) is 0 Å². The highest BCUT2D eigenvalue weighted by molar-refractivity contribution is 5.97. The molecule has 4 nitrogen and oxygen atoms in total. The lowest BCUT2D eigenvalue weighted by Crippen LogP contribution is -2.39. The zero-order valence-corrected chi connectivity index (χ0v) is 10.7. The van der Waals surface area contributed by atoms with Gasteiger partial charge in [0.05, 0.1) is 17.7 Å². The van der Waals surface area contributed by atoms with E-state index in [1.165, 1.54) is 18.2 Å². The van der Waals surface area contributed by atoms with Crippen LogP contribution in [-0.2, 0) is 4.74 Å². The molecule has 2 rings (SSSR count). The van der Waals surface area contributed by atoms with Gasteiger partial charge in [-0.3, -0.25) is 4.79 Å². The average molecular weight is 289 g/mol. The Balaban J connectivity index is 2.13. The molecule has 1 saturated heterocycles. The molecule has 20 heavy (non-hydrogen) atoms. The topological polar surface area (TPSA) is 47.6 Å². The number of hydrogen-bond acceptors (Lipinski definition) is 3. The van der Waals surface area contributed by atoms with Crippen LogP contribution in [0.5, 0.6) is 5.75 Å². The van der Waals surface area contributed by atoms with Gasteiger partial charge in [0.2, 0.25) is 0 Å². The van der Waals surface area contributed by atoms with Crippen LogP contribution in [0.1, 0.15) is 23.7 Å². The zero-order chi connectivity index (χ0) is 14.8. The van der Waals surface area contributed by atoms with Gasteiger partial charge >= 0.3 is 6.36 Å². The Morgan fingerprint density at radius 3 is 2.70 bits per heavy atom. The first-order chi connectivity index (χ1) is 9.37. The molecule has 1 aliphatic rings. The van der Waals surface area contributed by atoms with E-state index >= 15 is 0 Å². The van der Waals surface area contributed by atoms with Gasteiger partial charge in [0.25, 0.3) is 5.91 Å². The molecule has 0 saturated carbocycles. The highest BCUT2D eigenvalue weighted by Crippen LogP contribution is 2.26. The monoisotopic (exact) mass is 289 g/mol. The molecule has 1 heterocycles. The van der Waals surface area contributed by atoms with E-state index in [2.05, 4.69) is 10.1 Å². The number of rotatable bonds is 3. The first-order valence-electron chi connectivity index (χ1n) is 6.14.